The van der Waals surface area contributed by atoms with Crippen molar-refractivity contribution in [2.75, 3.05) is 20.7 Å². The molecule has 0 amide bonds. The Bertz CT molecular complexity index is 380. The van der Waals surface area contributed by atoms with Crippen LogP contribution in [0.5, 0.6) is 5.75 Å². The third kappa shape index (κ3) is 4.49. The van der Waals surface area contributed by atoms with Gasteiger partial charge in [-0.3, -0.25) is 4.90 Å². The van der Waals surface area contributed by atoms with E-state index in [1.54, 1.807) is 14.0 Å². The fourth-order valence-corrected chi connectivity index (χ4v) is 2.36. The number of aliphatic hydroxyl groups excluding tert-OH is 1. The number of ether oxygens (including phenoxy) is 1. The van der Waals surface area contributed by atoms with E-state index in [1.165, 1.54) is 0 Å². The summed E-state index contributed by atoms with van der Waals surface area (Å²) < 4.78 is 5.42. The number of hydrogen-bond donors (Lipinski definition) is 2. The monoisotopic (exact) mass is 266 g/mol. The molecular formula is C15H26N2O2. The highest BCUT2D eigenvalue weighted by atomic mass is 16.5. The summed E-state index contributed by atoms with van der Waals surface area (Å²) in [5.41, 5.74) is 7.23. The average Bonchev–Trinajstić information content (AvgIpc) is 2.36. The molecule has 3 unspecified atom stereocenters. The lowest BCUT2D eigenvalue weighted by molar-refractivity contribution is 0.142. The van der Waals surface area contributed by atoms with E-state index in [9.17, 15) is 5.11 Å². The van der Waals surface area contributed by atoms with E-state index in [0.29, 0.717) is 0 Å². The van der Waals surface area contributed by atoms with Crippen LogP contribution in [0, 0.1) is 0 Å². The van der Waals surface area contributed by atoms with E-state index in [2.05, 4.69) is 4.90 Å². The Kier molecular flexibility index (Phi) is 6.28. The zero-order valence-electron chi connectivity index (χ0n) is 12.3. The van der Waals surface area contributed by atoms with Crippen LogP contribution in [0.2, 0.25) is 0 Å². The number of benzene rings is 1. The van der Waals surface area contributed by atoms with Gasteiger partial charge >= 0.3 is 0 Å². The van der Waals surface area contributed by atoms with Crippen LogP contribution in [-0.4, -0.2) is 42.9 Å². The molecule has 3 atom stereocenters. The lowest BCUT2D eigenvalue weighted by Crippen LogP contribution is -2.38. The van der Waals surface area contributed by atoms with Crippen LogP contribution in [0.4, 0.5) is 0 Å². The first-order chi connectivity index (χ1) is 8.97. The molecule has 0 aliphatic carbocycles. The molecule has 0 aliphatic heterocycles. The van der Waals surface area contributed by atoms with Gasteiger partial charge in [0.05, 0.1) is 19.3 Å². The topological polar surface area (TPSA) is 58.7 Å². The third-order valence-electron chi connectivity index (χ3n) is 3.33. The summed E-state index contributed by atoms with van der Waals surface area (Å²) in [6, 6.07) is 8.01. The van der Waals surface area contributed by atoms with Crippen molar-refractivity contribution in [2.24, 2.45) is 5.73 Å². The molecule has 0 aliphatic rings. The Labute approximate surface area is 116 Å². The zero-order valence-corrected chi connectivity index (χ0v) is 12.3. The molecule has 1 aromatic rings. The number of nitrogens with zero attached hydrogens (tertiary/aromatic N) is 1. The van der Waals surface area contributed by atoms with Crippen molar-refractivity contribution in [1.29, 1.82) is 0 Å². The average molecular weight is 266 g/mol. The summed E-state index contributed by atoms with van der Waals surface area (Å²) >= 11 is 0. The van der Waals surface area contributed by atoms with E-state index in [4.69, 9.17) is 10.5 Å². The van der Waals surface area contributed by atoms with Gasteiger partial charge < -0.3 is 15.6 Å². The molecule has 1 aromatic carbocycles. The molecule has 108 valence electrons. The van der Waals surface area contributed by atoms with Gasteiger partial charge in [0.1, 0.15) is 5.75 Å². The van der Waals surface area contributed by atoms with Gasteiger partial charge in [0, 0.05) is 18.2 Å². The smallest absolute Gasteiger partial charge is 0.123 e. The molecule has 0 saturated carbocycles. The van der Waals surface area contributed by atoms with Crippen molar-refractivity contribution in [1.82, 2.24) is 4.90 Å². The van der Waals surface area contributed by atoms with Gasteiger partial charge in [0.25, 0.3) is 0 Å². The Morgan fingerprint density at radius 3 is 2.47 bits per heavy atom. The first kappa shape index (κ1) is 16.0. The van der Waals surface area contributed by atoms with Crippen molar-refractivity contribution in [2.45, 2.75) is 38.5 Å². The lowest BCUT2D eigenvalue weighted by Gasteiger charge is -2.32. The van der Waals surface area contributed by atoms with Crippen molar-refractivity contribution in [3.8, 4) is 5.75 Å². The van der Waals surface area contributed by atoms with Crippen molar-refractivity contribution in [3.63, 3.8) is 0 Å². The summed E-state index contributed by atoms with van der Waals surface area (Å²) in [6.45, 7) is 4.59. The summed E-state index contributed by atoms with van der Waals surface area (Å²) in [5.74, 6) is 0.855. The molecule has 0 saturated heterocycles. The van der Waals surface area contributed by atoms with Gasteiger partial charge in [0.2, 0.25) is 0 Å². The Balaban J connectivity index is 2.93. The Morgan fingerprint density at radius 2 is 1.95 bits per heavy atom. The summed E-state index contributed by atoms with van der Waals surface area (Å²) in [6.07, 6.45) is 0.434. The molecule has 0 aromatic heterocycles. The standard InChI is InChI=1S/C15H26N2O2/c1-11(18)9-10-17(3)15(12(2)16)13-7-5-6-8-14(13)19-4/h5-8,11-12,15,18H,9-10,16H2,1-4H3. The van der Waals surface area contributed by atoms with Gasteiger partial charge in [-0.2, -0.15) is 0 Å². The molecule has 0 heterocycles. The Hall–Kier alpha value is -1.10. The van der Waals surface area contributed by atoms with E-state index < -0.39 is 0 Å². The number of methoxy groups -OCH3 is 1. The van der Waals surface area contributed by atoms with E-state index in [0.717, 1.165) is 24.3 Å². The predicted molar refractivity (Wildman–Crippen MR) is 78.3 cm³/mol. The molecule has 0 bridgehead atoms. The maximum absolute atomic E-state index is 9.41. The quantitative estimate of drug-likeness (QED) is 0.790. The molecule has 3 N–H and O–H groups in total. The normalized spacial score (nSPS) is 16.2. The van der Waals surface area contributed by atoms with E-state index in [-0.39, 0.29) is 18.2 Å². The Morgan fingerprint density at radius 1 is 1.32 bits per heavy atom. The number of nitrogens with two attached hydrogens (primary N) is 1. The molecule has 0 fully saturated rings. The first-order valence-electron chi connectivity index (χ1n) is 6.74. The van der Waals surface area contributed by atoms with E-state index in [1.807, 2.05) is 38.2 Å². The zero-order chi connectivity index (χ0) is 14.4. The fourth-order valence-electron chi connectivity index (χ4n) is 2.36. The highest BCUT2D eigenvalue weighted by Gasteiger charge is 2.24. The number of aliphatic hydroxyl groups is 1. The second-order valence-corrected chi connectivity index (χ2v) is 5.16. The molecule has 0 spiro atoms. The molecule has 4 nitrogen and oxygen atoms in total. The van der Waals surface area contributed by atoms with Crippen LogP contribution in [0.25, 0.3) is 0 Å². The lowest BCUT2D eigenvalue weighted by atomic mass is 9.98. The number of likely N-dealkylation sites (N-methyl/N-ethyl adjacent to an activating group) is 1. The number of hydrogen-bond acceptors (Lipinski definition) is 4. The number of para-hydroxylation sites is 1. The van der Waals surface area contributed by atoms with Gasteiger partial charge in [-0.25, -0.2) is 0 Å². The minimum absolute atomic E-state index is 0.0182. The van der Waals surface area contributed by atoms with E-state index >= 15 is 0 Å². The molecule has 0 radical (unpaired) electrons. The molecule has 4 heteroatoms. The van der Waals surface area contributed by atoms with Gasteiger partial charge in [0.15, 0.2) is 0 Å². The fraction of sp³-hybridized carbons (Fsp3) is 0.600. The molecule has 19 heavy (non-hydrogen) atoms. The second kappa shape index (κ2) is 7.48. The molecule has 1 rings (SSSR count). The van der Waals surface area contributed by atoms with Gasteiger partial charge in [-0.1, -0.05) is 18.2 Å². The SMILES string of the molecule is COc1ccccc1C(C(C)N)N(C)CCC(C)O. The first-order valence-corrected chi connectivity index (χ1v) is 6.74. The van der Waals surface area contributed by atoms with Crippen LogP contribution in [0.3, 0.4) is 0 Å². The van der Waals surface area contributed by atoms with Crippen LogP contribution < -0.4 is 10.5 Å². The minimum atomic E-state index is -0.297. The van der Waals surface area contributed by atoms with Crippen LogP contribution >= 0.6 is 0 Å². The summed E-state index contributed by atoms with van der Waals surface area (Å²) in [7, 11) is 3.70. The third-order valence-corrected chi connectivity index (χ3v) is 3.33. The van der Waals surface area contributed by atoms with Crippen LogP contribution in [0.1, 0.15) is 31.9 Å². The van der Waals surface area contributed by atoms with Crippen molar-refractivity contribution in [3.05, 3.63) is 29.8 Å². The molecular weight excluding hydrogens is 240 g/mol. The van der Waals surface area contributed by atoms with Crippen LogP contribution in [0.15, 0.2) is 24.3 Å². The van der Waals surface area contributed by atoms with Crippen molar-refractivity contribution >= 4 is 0 Å². The highest BCUT2D eigenvalue weighted by Crippen LogP contribution is 2.30. The maximum atomic E-state index is 9.41. The largest absolute Gasteiger partial charge is 0.496 e. The van der Waals surface area contributed by atoms with Crippen LogP contribution in [-0.2, 0) is 0 Å². The predicted octanol–water partition coefficient (Wildman–Crippen LogP) is 1.79. The van der Waals surface area contributed by atoms with Gasteiger partial charge in [-0.15, -0.1) is 0 Å². The maximum Gasteiger partial charge on any atom is 0.123 e. The number of rotatable bonds is 7. The minimum Gasteiger partial charge on any atom is -0.496 e. The van der Waals surface area contributed by atoms with Gasteiger partial charge in [-0.05, 0) is 33.4 Å². The second-order valence-electron chi connectivity index (χ2n) is 5.16. The summed E-state index contributed by atoms with van der Waals surface area (Å²) in [4.78, 5) is 2.18. The summed E-state index contributed by atoms with van der Waals surface area (Å²) in [5, 5.41) is 9.41. The highest BCUT2D eigenvalue weighted by molar-refractivity contribution is 5.36. The van der Waals surface area contributed by atoms with Crippen molar-refractivity contribution < 1.29 is 9.84 Å².